The minimum atomic E-state index is -1.10. The molecule has 0 unspecified atom stereocenters. The zero-order chi connectivity index (χ0) is 10.1. The van der Waals surface area contributed by atoms with Crippen LogP contribution in [0.1, 0.15) is 5.56 Å². The summed E-state index contributed by atoms with van der Waals surface area (Å²) in [4.78, 5) is 21.8. The SMILES string of the molecule is Cc1cc2ccc1oc(=O)oc(=O)o2. The molecule has 0 aliphatic heterocycles. The lowest BCUT2D eigenvalue weighted by atomic mass is 10.2. The van der Waals surface area contributed by atoms with Crippen molar-refractivity contribution >= 4 is 11.2 Å². The van der Waals surface area contributed by atoms with Gasteiger partial charge in [0.2, 0.25) is 0 Å². The summed E-state index contributed by atoms with van der Waals surface area (Å²) in [5.41, 5.74) is 1.35. The molecule has 14 heavy (non-hydrogen) atoms. The monoisotopic (exact) mass is 194 g/mol. The van der Waals surface area contributed by atoms with Crippen LogP contribution in [0.15, 0.2) is 41.0 Å². The second-order valence-electron chi connectivity index (χ2n) is 2.73. The highest BCUT2D eigenvalue weighted by atomic mass is 16.6. The van der Waals surface area contributed by atoms with Gasteiger partial charge in [-0.2, -0.15) is 0 Å². The average molecular weight is 194 g/mol. The molecule has 3 aromatic rings. The van der Waals surface area contributed by atoms with Crippen molar-refractivity contribution in [2.75, 3.05) is 0 Å². The molecule has 0 N–H and O–H groups in total. The van der Waals surface area contributed by atoms with Crippen LogP contribution in [0.25, 0.3) is 11.2 Å². The first-order valence-electron chi connectivity index (χ1n) is 3.87. The molecular formula is C9H6O5. The molecule has 72 valence electrons. The van der Waals surface area contributed by atoms with Crippen molar-refractivity contribution in [1.29, 1.82) is 0 Å². The Labute approximate surface area is 77.2 Å². The van der Waals surface area contributed by atoms with E-state index in [0.29, 0.717) is 16.7 Å². The maximum Gasteiger partial charge on any atom is 0.524 e. The Balaban J connectivity index is 3.11. The van der Waals surface area contributed by atoms with Gasteiger partial charge in [-0.25, -0.2) is 9.59 Å². The highest BCUT2D eigenvalue weighted by Gasteiger charge is 1.98. The predicted molar refractivity (Wildman–Crippen MR) is 46.8 cm³/mol. The first-order valence-corrected chi connectivity index (χ1v) is 3.87. The molecule has 5 heteroatoms. The van der Waals surface area contributed by atoms with Gasteiger partial charge < -0.3 is 13.3 Å². The molecule has 1 aromatic carbocycles. The normalized spacial score (nSPS) is 10.4. The molecular weight excluding hydrogens is 188 g/mol. The van der Waals surface area contributed by atoms with Crippen molar-refractivity contribution in [2.24, 2.45) is 0 Å². The Morgan fingerprint density at radius 3 is 2.43 bits per heavy atom. The van der Waals surface area contributed by atoms with E-state index in [1.165, 1.54) is 12.1 Å². The van der Waals surface area contributed by atoms with Crippen LogP contribution in [0.3, 0.4) is 0 Å². The highest BCUT2D eigenvalue weighted by molar-refractivity contribution is 5.57. The van der Waals surface area contributed by atoms with Crippen molar-refractivity contribution in [3.8, 4) is 0 Å². The quantitative estimate of drug-likeness (QED) is 0.630. The molecule has 2 aromatic heterocycles. The second kappa shape index (κ2) is 3.02. The minimum absolute atomic E-state index is 0.314. The number of aryl methyl sites for hydroxylation is 1. The van der Waals surface area contributed by atoms with Gasteiger partial charge in [0.25, 0.3) is 0 Å². The van der Waals surface area contributed by atoms with Crippen LogP contribution in [0.2, 0.25) is 0 Å². The fourth-order valence-electron chi connectivity index (χ4n) is 1.10. The van der Waals surface area contributed by atoms with Crippen molar-refractivity contribution in [2.45, 2.75) is 6.92 Å². The third-order valence-corrected chi connectivity index (χ3v) is 1.71. The molecule has 0 saturated heterocycles. The van der Waals surface area contributed by atoms with Gasteiger partial charge in [0.15, 0.2) is 0 Å². The van der Waals surface area contributed by atoms with Gasteiger partial charge in [0.05, 0.1) is 0 Å². The molecule has 0 radical (unpaired) electrons. The molecule has 0 fully saturated rings. The van der Waals surface area contributed by atoms with Gasteiger partial charge in [-0.15, -0.1) is 0 Å². The summed E-state index contributed by atoms with van der Waals surface area (Å²) in [6, 6.07) is 4.63. The number of fused-ring (bicyclic) bond motifs is 6. The summed E-state index contributed by atoms with van der Waals surface area (Å²) in [5, 5.41) is 0. The number of hydrogen-bond donors (Lipinski definition) is 0. The molecule has 2 heterocycles. The summed E-state index contributed by atoms with van der Waals surface area (Å²) in [6.45, 7) is 1.73. The lowest BCUT2D eigenvalue weighted by Gasteiger charge is -1.90. The standard InChI is InChI=1S/C9H6O5/c1-5-4-6-2-3-7(5)13-9(11)14-8(10)12-6/h2-4H,1H3. The van der Waals surface area contributed by atoms with Gasteiger partial charge in [0, 0.05) is 0 Å². The second-order valence-corrected chi connectivity index (χ2v) is 2.73. The maximum atomic E-state index is 10.9. The molecule has 0 aliphatic carbocycles. The molecule has 0 atom stereocenters. The van der Waals surface area contributed by atoms with E-state index < -0.39 is 11.6 Å². The Morgan fingerprint density at radius 1 is 1.00 bits per heavy atom. The largest absolute Gasteiger partial charge is 0.524 e. The van der Waals surface area contributed by atoms with Crippen molar-refractivity contribution in [3.63, 3.8) is 0 Å². The molecule has 0 saturated carbocycles. The smallest absolute Gasteiger partial charge is 0.395 e. The fraction of sp³-hybridized carbons (Fsp3) is 0.111. The van der Waals surface area contributed by atoms with E-state index in [0.717, 1.165) is 0 Å². The molecule has 0 aliphatic rings. The van der Waals surface area contributed by atoms with E-state index in [-0.39, 0.29) is 0 Å². The third-order valence-electron chi connectivity index (χ3n) is 1.71. The Bertz CT molecular complexity index is 599. The summed E-state index contributed by atoms with van der Waals surface area (Å²) < 4.78 is 13.6. The van der Waals surface area contributed by atoms with E-state index in [4.69, 9.17) is 4.42 Å². The minimum Gasteiger partial charge on any atom is -0.395 e. The highest BCUT2D eigenvalue weighted by Crippen LogP contribution is 2.10. The van der Waals surface area contributed by atoms with Crippen LogP contribution >= 0.6 is 0 Å². The molecule has 3 rings (SSSR count). The van der Waals surface area contributed by atoms with E-state index in [9.17, 15) is 9.59 Å². The Kier molecular flexibility index (Phi) is 1.85. The van der Waals surface area contributed by atoms with E-state index in [1.807, 2.05) is 0 Å². The van der Waals surface area contributed by atoms with E-state index >= 15 is 0 Å². The van der Waals surface area contributed by atoms with Gasteiger partial charge in [-0.3, -0.25) is 0 Å². The van der Waals surface area contributed by atoms with Crippen LogP contribution < -0.4 is 11.6 Å². The van der Waals surface area contributed by atoms with Crippen LogP contribution in [0.4, 0.5) is 0 Å². The topological polar surface area (TPSA) is 73.6 Å². The lowest BCUT2D eigenvalue weighted by Crippen LogP contribution is -2.02. The zero-order valence-corrected chi connectivity index (χ0v) is 7.27. The fourth-order valence-corrected chi connectivity index (χ4v) is 1.10. The summed E-state index contributed by atoms with van der Waals surface area (Å²) in [6.07, 6.45) is 0. The molecule has 0 amide bonds. The Morgan fingerprint density at radius 2 is 1.71 bits per heavy atom. The molecule has 2 bridgehead atoms. The predicted octanol–water partition coefficient (Wildman–Crippen LogP) is 1.21. The average Bonchev–Trinajstić information content (AvgIpc) is 2.16. The number of benzene rings is 1. The van der Waals surface area contributed by atoms with Gasteiger partial charge in [-0.1, -0.05) is 0 Å². The first kappa shape index (κ1) is 8.55. The van der Waals surface area contributed by atoms with Gasteiger partial charge in [-0.05, 0) is 30.7 Å². The number of rotatable bonds is 0. The van der Waals surface area contributed by atoms with Crippen LogP contribution in [-0.4, -0.2) is 0 Å². The van der Waals surface area contributed by atoms with Crippen molar-refractivity contribution < 1.29 is 13.3 Å². The maximum absolute atomic E-state index is 10.9. The van der Waals surface area contributed by atoms with Crippen LogP contribution in [0, 0.1) is 6.92 Å². The van der Waals surface area contributed by atoms with Crippen molar-refractivity contribution in [1.82, 2.24) is 0 Å². The lowest BCUT2D eigenvalue weighted by molar-refractivity contribution is 0.269. The summed E-state index contributed by atoms with van der Waals surface area (Å²) in [7, 11) is 0. The molecule has 0 spiro atoms. The van der Waals surface area contributed by atoms with Crippen LogP contribution in [-0.2, 0) is 0 Å². The van der Waals surface area contributed by atoms with Crippen LogP contribution in [0.5, 0.6) is 0 Å². The molecule has 5 nitrogen and oxygen atoms in total. The zero-order valence-electron chi connectivity index (χ0n) is 7.27. The number of hydrogen-bond acceptors (Lipinski definition) is 5. The van der Waals surface area contributed by atoms with E-state index in [2.05, 4.69) is 8.83 Å². The third kappa shape index (κ3) is 1.52. The van der Waals surface area contributed by atoms with Gasteiger partial charge in [0.1, 0.15) is 11.2 Å². The van der Waals surface area contributed by atoms with Gasteiger partial charge >= 0.3 is 11.6 Å². The van der Waals surface area contributed by atoms with Crippen molar-refractivity contribution in [3.05, 3.63) is 45.0 Å². The van der Waals surface area contributed by atoms with E-state index in [1.54, 1.807) is 13.0 Å². The summed E-state index contributed by atoms with van der Waals surface area (Å²) in [5.74, 6) is -2.19. The summed E-state index contributed by atoms with van der Waals surface area (Å²) >= 11 is 0. The first-order chi connectivity index (χ1) is 6.65. The Hall–Kier alpha value is -2.04.